The molecule has 1 spiro atoms. The smallest absolute Gasteiger partial charge is 0.0731 e. The number of hydrogen-bond donors (Lipinski definition) is 1. The van der Waals surface area contributed by atoms with Crippen LogP contribution in [0.4, 0.5) is 0 Å². The Morgan fingerprint density at radius 2 is 1.83 bits per heavy atom. The largest absolute Gasteiger partial charge is 0.380 e. The highest BCUT2D eigenvalue weighted by molar-refractivity contribution is 4.97. The zero-order valence-corrected chi connectivity index (χ0v) is 11.8. The van der Waals surface area contributed by atoms with E-state index in [9.17, 15) is 0 Å². The third-order valence-electron chi connectivity index (χ3n) is 5.62. The topological polar surface area (TPSA) is 24.5 Å². The molecule has 0 aromatic rings. The summed E-state index contributed by atoms with van der Waals surface area (Å²) < 4.78 is 5.88. The fourth-order valence-electron chi connectivity index (χ4n) is 4.56. The van der Waals surface area contributed by atoms with Gasteiger partial charge in [0.25, 0.3) is 0 Å². The highest BCUT2D eigenvalue weighted by Gasteiger charge is 2.44. The van der Waals surface area contributed by atoms with Crippen LogP contribution in [-0.4, -0.2) is 50.3 Å². The van der Waals surface area contributed by atoms with E-state index in [0.717, 1.165) is 13.1 Å². The van der Waals surface area contributed by atoms with E-state index in [-0.39, 0.29) is 0 Å². The van der Waals surface area contributed by atoms with E-state index in [1.807, 2.05) is 7.11 Å². The predicted molar refractivity (Wildman–Crippen MR) is 73.8 cm³/mol. The predicted octanol–water partition coefficient (Wildman–Crippen LogP) is 2.02. The summed E-state index contributed by atoms with van der Waals surface area (Å²) in [5, 5.41) is 3.45. The van der Waals surface area contributed by atoms with E-state index in [4.69, 9.17) is 4.74 Å². The zero-order chi connectivity index (χ0) is 12.4. The molecule has 3 rings (SSSR count). The second-order valence-electron chi connectivity index (χ2n) is 6.58. The molecule has 3 aliphatic rings. The Morgan fingerprint density at radius 3 is 2.50 bits per heavy atom. The van der Waals surface area contributed by atoms with Crippen LogP contribution >= 0.6 is 0 Å². The van der Waals surface area contributed by atoms with Gasteiger partial charge >= 0.3 is 0 Å². The Hall–Kier alpha value is -0.120. The number of piperazine rings is 1. The molecule has 2 saturated carbocycles. The maximum absolute atomic E-state index is 5.88. The Morgan fingerprint density at radius 1 is 1.11 bits per heavy atom. The van der Waals surface area contributed by atoms with Crippen LogP contribution in [0.5, 0.6) is 0 Å². The first-order valence-corrected chi connectivity index (χ1v) is 7.81. The first-order chi connectivity index (χ1) is 8.83. The van der Waals surface area contributed by atoms with E-state index in [0.29, 0.717) is 17.6 Å². The van der Waals surface area contributed by atoms with Crippen molar-refractivity contribution in [1.29, 1.82) is 0 Å². The van der Waals surface area contributed by atoms with Crippen molar-refractivity contribution in [2.75, 3.05) is 33.3 Å². The van der Waals surface area contributed by atoms with Gasteiger partial charge < -0.3 is 10.1 Å². The molecule has 0 amide bonds. The van der Waals surface area contributed by atoms with Gasteiger partial charge in [0.15, 0.2) is 0 Å². The minimum Gasteiger partial charge on any atom is -0.380 e. The highest BCUT2D eigenvalue weighted by Crippen LogP contribution is 2.50. The van der Waals surface area contributed by atoms with Gasteiger partial charge in [0.05, 0.1) is 6.10 Å². The first kappa shape index (κ1) is 12.9. The van der Waals surface area contributed by atoms with Gasteiger partial charge in [-0.3, -0.25) is 4.90 Å². The summed E-state index contributed by atoms with van der Waals surface area (Å²) in [6.07, 6.45) is 10.4. The molecule has 1 aliphatic heterocycles. The molecule has 0 aromatic heterocycles. The monoisotopic (exact) mass is 252 g/mol. The maximum atomic E-state index is 5.88. The molecule has 1 heterocycles. The van der Waals surface area contributed by atoms with Gasteiger partial charge in [-0.2, -0.15) is 0 Å². The summed E-state index contributed by atoms with van der Waals surface area (Å²) in [5.74, 6) is 0. The number of rotatable bonds is 2. The summed E-state index contributed by atoms with van der Waals surface area (Å²) in [5.41, 5.74) is 0.658. The van der Waals surface area contributed by atoms with Gasteiger partial charge in [-0.1, -0.05) is 12.8 Å². The molecule has 2 atom stereocenters. The number of methoxy groups -OCH3 is 1. The van der Waals surface area contributed by atoms with Crippen molar-refractivity contribution < 1.29 is 4.74 Å². The van der Waals surface area contributed by atoms with Crippen LogP contribution in [0.1, 0.15) is 44.9 Å². The summed E-state index contributed by atoms with van der Waals surface area (Å²) in [6, 6.07) is 0.684. The molecule has 3 nitrogen and oxygen atoms in total. The van der Waals surface area contributed by atoms with Crippen molar-refractivity contribution in [2.24, 2.45) is 5.41 Å². The summed E-state index contributed by atoms with van der Waals surface area (Å²) in [7, 11) is 1.92. The average Bonchev–Trinajstić information content (AvgIpc) is 2.88. The summed E-state index contributed by atoms with van der Waals surface area (Å²) in [4.78, 5) is 2.67. The van der Waals surface area contributed by atoms with Crippen LogP contribution in [0.2, 0.25) is 0 Å². The van der Waals surface area contributed by atoms with Crippen molar-refractivity contribution in [1.82, 2.24) is 10.2 Å². The first-order valence-electron chi connectivity index (χ1n) is 7.81. The molecule has 0 radical (unpaired) electrons. The van der Waals surface area contributed by atoms with Crippen LogP contribution in [0.25, 0.3) is 0 Å². The van der Waals surface area contributed by atoms with Gasteiger partial charge in [0.2, 0.25) is 0 Å². The second-order valence-corrected chi connectivity index (χ2v) is 6.58. The molecule has 1 saturated heterocycles. The summed E-state index contributed by atoms with van der Waals surface area (Å²) >= 11 is 0. The van der Waals surface area contributed by atoms with Gasteiger partial charge in [-0.15, -0.1) is 0 Å². The number of ether oxygens (including phenoxy) is 1. The third kappa shape index (κ3) is 2.45. The third-order valence-corrected chi connectivity index (χ3v) is 5.62. The molecule has 1 N–H and O–H groups in total. The van der Waals surface area contributed by atoms with E-state index >= 15 is 0 Å². The summed E-state index contributed by atoms with van der Waals surface area (Å²) in [6.45, 7) is 4.71. The number of nitrogens with zero attached hydrogens (tertiary/aromatic N) is 1. The molecule has 2 unspecified atom stereocenters. The maximum Gasteiger partial charge on any atom is 0.0731 e. The van der Waals surface area contributed by atoms with Crippen molar-refractivity contribution in [2.45, 2.75) is 57.1 Å². The van der Waals surface area contributed by atoms with E-state index in [2.05, 4.69) is 10.2 Å². The fourth-order valence-corrected chi connectivity index (χ4v) is 4.56. The van der Waals surface area contributed by atoms with Gasteiger partial charge in [0, 0.05) is 39.3 Å². The molecule has 2 aliphatic carbocycles. The van der Waals surface area contributed by atoms with Crippen molar-refractivity contribution >= 4 is 0 Å². The van der Waals surface area contributed by atoms with Gasteiger partial charge in [0.1, 0.15) is 0 Å². The van der Waals surface area contributed by atoms with Crippen LogP contribution in [0.3, 0.4) is 0 Å². The van der Waals surface area contributed by atoms with Crippen LogP contribution in [0.15, 0.2) is 0 Å². The molecule has 3 heteroatoms. The number of nitrogens with one attached hydrogen (secondary N) is 1. The SMILES string of the molecule is COC1CC2(CCCC2)CCC1N1CCNCC1. The lowest BCUT2D eigenvalue weighted by atomic mass is 9.69. The van der Waals surface area contributed by atoms with Crippen molar-refractivity contribution in [3.05, 3.63) is 0 Å². The van der Waals surface area contributed by atoms with Crippen LogP contribution < -0.4 is 5.32 Å². The van der Waals surface area contributed by atoms with E-state index < -0.39 is 0 Å². The second kappa shape index (κ2) is 5.48. The molecular weight excluding hydrogens is 224 g/mol. The molecule has 0 aromatic carbocycles. The normalized spacial score (nSPS) is 37.2. The van der Waals surface area contributed by atoms with Crippen LogP contribution in [0, 0.1) is 5.41 Å². The highest BCUT2D eigenvalue weighted by atomic mass is 16.5. The Balaban J connectivity index is 1.65. The minimum atomic E-state index is 0.481. The molecule has 3 fully saturated rings. The lowest BCUT2D eigenvalue weighted by Gasteiger charge is -2.47. The molecule has 0 bridgehead atoms. The van der Waals surface area contributed by atoms with Gasteiger partial charge in [-0.25, -0.2) is 0 Å². The Kier molecular flexibility index (Phi) is 3.92. The Labute approximate surface area is 111 Å². The molecule has 104 valence electrons. The molecular formula is C15H28N2O. The van der Waals surface area contributed by atoms with E-state index in [1.54, 1.807) is 0 Å². The fraction of sp³-hybridized carbons (Fsp3) is 1.00. The number of hydrogen-bond acceptors (Lipinski definition) is 3. The quantitative estimate of drug-likeness (QED) is 0.814. The van der Waals surface area contributed by atoms with Crippen molar-refractivity contribution in [3.8, 4) is 0 Å². The lowest BCUT2D eigenvalue weighted by Crippen LogP contribution is -2.55. The van der Waals surface area contributed by atoms with Crippen LogP contribution in [-0.2, 0) is 4.74 Å². The molecule has 18 heavy (non-hydrogen) atoms. The standard InChI is InChI=1S/C15H28N2O/c1-18-14-12-15(5-2-3-6-15)7-4-13(14)17-10-8-16-9-11-17/h13-14,16H,2-12H2,1H3. The lowest BCUT2D eigenvalue weighted by molar-refractivity contribution is -0.0540. The average molecular weight is 252 g/mol. The van der Waals surface area contributed by atoms with Crippen molar-refractivity contribution in [3.63, 3.8) is 0 Å². The van der Waals surface area contributed by atoms with E-state index in [1.165, 1.54) is 58.0 Å². The minimum absolute atomic E-state index is 0.481. The zero-order valence-electron chi connectivity index (χ0n) is 11.8. The van der Waals surface area contributed by atoms with Gasteiger partial charge in [-0.05, 0) is 37.5 Å². The Bertz CT molecular complexity index is 270.